The molecule has 8 heteroatoms. The number of carboxylic acid groups (broad SMARTS) is 2. The second kappa shape index (κ2) is 6.73. The summed E-state index contributed by atoms with van der Waals surface area (Å²) in [5.74, 6) is -2.58. The summed E-state index contributed by atoms with van der Waals surface area (Å²) in [5, 5.41) is 53.8. The van der Waals surface area contributed by atoms with Gasteiger partial charge in [-0.3, -0.25) is 9.59 Å². The number of carboxylic acids is 2. The Morgan fingerprint density at radius 1 is 0.750 bits per heavy atom. The molecular weight excluding hydrogens is 264 g/mol. The highest BCUT2D eigenvalue weighted by molar-refractivity contribution is 5.68. The Hall–Kier alpha value is -3.10. The molecule has 0 aromatic rings. The summed E-state index contributed by atoms with van der Waals surface area (Å²) in [6.07, 6.45) is -2.23. The van der Waals surface area contributed by atoms with Gasteiger partial charge in [0.2, 0.25) is 0 Å². The van der Waals surface area contributed by atoms with E-state index < -0.39 is 48.5 Å². The van der Waals surface area contributed by atoms with Crippen LogP contribution in [-0.2, 0) is 9.59 Å². The van der Waals surface area contributed by atoms with Crippen LogP contribution in [0.3, 0.4) is 0 Å². The van der Waals surface area contributed by atoms with Crippen molar-refractivity contribution in [1.29, 1.82) is 21.0 Å². The zero-order chi connectivity index (χ0) is 15.8. The highest BCUT2D eigenvalue weighted by Crippen LogP contribution is 2.45. The Morgan fingerprint density at radius 2 is 1.00 bits per heavy atom. The standard InChI is InChI=1S/C12H10N4O4/c13-5-11(6-14,3-1-9(17)18)12(7-15,8-16)4-2-10(19)20/h1-4H2,(H,17,18)(H,19,20). The van der Waals surface area contributed by atoms with Crippen molar-refractivity contribution in [1.82, 2.24) is 0 Å². The Balaban J connectivity index is 5.71. The summed E-state index contributed by atoms with van der Waals surface area (Å²) in [6.45, 7) is 0. The molecule has 0 radical (unpaired) electrons. The minimum Gasteiger partial charge on any atom is -0.481 e. The van der Waals surface area contributed by atoms with E-state index in [1.807, 2.05) is 0 Å². The number of rotatable bonds is 7. The molecule has 0 spiro atoms. The van der Waals surface area contributed by atoms with Crippen molar-refractivity contribution in [2.75, 3.05) is 0 Å². The van der Waals surface area contributed by atoms with Gasteiger partial charge in [0.05, 0.1) is 24.3 Å². The van der Waals surface area contributed by atoms with Gasteiger partial charge in [0.15, 0.2) is 10.8 Å². The minimum atomic E-state index is -2.19. The monoisotopic (exact) mass is 274 g/mol. The molecular formula is C12H10N4O4. The van der Waals surface area contributed by atoms with Crippen LogP contribution in [0.15, 0.2) is 0 Å². The minimum absolute atomic E-state index is 0.532. The lowest BCUT2D eigenvalue weighted by Gasteiger charge is -2.30. The number of nitriles is 4. The van der Waals surface area contributed by atoms with Gasteiger partial charge in [-0.25, -0.2) is 0 Å². The van der Waals surface area contributed by atoms with Crippen molar-refractivity contribution in [2.45, 2.75) is 25.7 Å². The van der Waals surface area contributed by atoms with Gasteiger partial charge in [0.25, 0.3) is 0 Å². The summed E-state index contributed by atoms with van der Waals surface area (Å²) in [6, 6.07) is 6.10. The van der Waals surface area contributed by atoms with E-state index in [-0.39, 0.29) is 0 Å². The van der Waals surface area contributed by atoms with Crippen molar-refractivity contribution in [3.05, 3.63) is 0 Å². The van der Waals surface area contributed by atoms with E-state index >= 15 is 0 Å². The molecule has 0 aliphatic heterocycles. The largest absolute Gasteiger partial charge is 0.481 e. The number of hydrogen-bond donors (Lipinski definition) is 2. The smallest absolute Gasteiger partial charge is 0.303 e. The highest BCUT2D eigenvalue weighted by Gasteiger charge is 2.54. The molecule has 102 valence electrons. The van der Waals surface area contributed by atoms with E-state index in [0.717, 1.165) is 0 Å². The first kappa shape index (κ1) is 16.9. The number of carbonyl (C=O) groups is 2. The van der Waals surface area contributed by atoms with Gasteiger partial charge in [-0.2, -0.15) is 21.0 Å². The van der Waals surface area contributed by atoms with Gasteiger partial charge < -0.3 is 10.2 Å². The molecule has 0 aromatic heterocycles. The molecule has 2 N–H and O–H groups in total. The SMILES string of the molecule is N#CC(C#N)(CCC(=O)O)C(C#N)(C#N)CCC(=O)O. The predicted molar refractivity (Wildman–Crippen MR) is 61.1 cm³/mol. The molecule has 0 unspecified atom stereocenters. The molecule has 8 nitrogen and oxygen atoms in total. The molecule has 0 amide bonds. The van der Waals surface area contributed by atoms with Crippen LogP contribution in [0, 0.1) is 56.2 Å². The van der Waals surface area contributed by atoms with Crippen molar-refractivity contribution in [3.8, 4) is 24.3 Å². The average Bonchev–Trinajstić information content (AvgIpc) is 2.43. The number of hydrogen-bond acceptors (Lipinski definition) is 6. The fourth-order valence-electron chi connectivity index (χ4n) is 1.67. The van der Waals surface area contributed by atoms with E-state index in [0.29, 0.717) is 0 Å². The first-order valence-corrected chi connectivity index (χ1v) is 5.41. The molecule has 0 aromatic carbocycles. The maximum Gasteiger partial charge on any atom is 0.303 e. The Labute approximate surface area is 114 Å². The molecule has 0 fully saturated rings. The van der Waals surface area contributed by atoms with E-state index in [1.165, 1.54) is 24.3 Å². The van der Waals surface area contributed by atoms with Crippen LogP contribution in [0.5, 0.6) is 0 Å². The Bertz CT molecular complexity index is 490. The molecule has 0 saturated carbocycles. The summed E-state index contributed by atoms with van der Waals surface area (Å²) >= 11 is 0. The van der Waals surface area contributed by atoms with E-state index in [2.05, 4.69) is 0 Å². The average molecular weight is 274 g/mol. The maximum absolute atomic E-state index is 10.6. The molecule has 0 heterocycles. The Morgan fingerprint density at radius 3 is 1.15 bits per heavy atom. The van der Waals surface area contributed by atoms with E-state index in [4.69, 9.17) is 31.3 Å². The van der Waals surface area contributed by atoms with Crippen LogP contribution < -0.4 is 0 Å². The van der Waals surface area contributed by atoms with E-state index in [9.17, 15) is 9.59 Å². The summed E-state index contributed by atoms with van der Waals surface area (Å²) in [7, 11) is 0. The van der Waals surface area contributed by atoms with Gasteiger partial charge in [-0.15, -0.1) is 0 Å². The summed E-state index contributed by atoms with van der Waals surface area (Å²) in [5.41, 5.74) is -4.38. The Kier molecular flexibility index (Phi) is 5.69. The summed E-state index contributed by atoms with van der Waals surface area (Å²) < 4.78 is 0. The fraction of sp³-hybridized carbons (Fsp3) is 0.500. The first-order valence-electron chi connectivity index (χ1n) is 5.41. The zero-order valence-electron chi connectivity index (χ0n) is 10.3. The lowest BCUT2D eigenvalue weighted by atomic mass is 9.62. The number of aliphatic carboxylic acids is 2. The van der Waals surface area contributed by atoms with Crippen LogP contribution in [0.2, 0.25) is 0 Å². The van der Waals surface area contributed by atoms with Crippen LogP contribution in [-0.4, -0.2) is 22.2 Å². The van der Waals surface area contributed by atoms with Crippen LogP contribution >= 0.6 is 0 Å². The first-order chi connectivity index (χ1) is 9.33. The van der Waals surface area contributed by atoms with Crippen LogP contribution in [0.4, 0.5) is 0 Å². The molecule has 0 aliphatic rings. The van der Waals surface area contributed by atoms with Gasteiger partial charge in [-0.05, 0) is 12.8 Å². The third kappa shape index (κ3) is 3.22. The lowest BCUT2D eigenvalue weighted by Crippen LogP contribution is -2.39. The van der Waals surface area contributed by atoms with Crippen LogP contribution in [0.25, 0.3) is 0 Å². The van der Waals surface area contributed by atoms with Gasteiger partial charge in [-0.1, -0.05) is 0 Å². The molecule has 0 atom stereocenters. The normalized spacial score (nSPS) is 10.4. The highest BCUT2D eigenvalue weighted by atomic mass is 16.4. The van der Waals surface area contributed by atoms with Gasteiger partial charge in [0, 0.05) is 12.8 Å². The maximum atomic E-state index is 10.6. The van der Waals surface area contributed by atoms with E-state index in [1.54, 1.807) is 0 Å². The van der Waals surface area contributed by atoms with Crippen molar-refractivity contribution < 1.29 is 19.8 Å². The van der Waals surface area contributed by atoms with Crippen LogP contribution in [0.1, 0.15) is 25.7 Å². The summed E-state index contributed by atoms with van der Waals surface area (Å²) in [4.78, 5) is 21.1. The predicted octanol–water partition coefficient (Wildman–Crippen LogP) is 0.783. The van der Waals surface area contributed by atoms with Crippen molar-refractivity contribution in [2.24, 2.45) is 10.8 Å². The number of nitrogens with zero attached hydrogens (tertiary/aromatic N) is 4. The fourth-order valence-corrected chi connectivity index (χ4v) is 1.67. The van der Waals surface area contributed by atoms with Gasteiger partial charge >= 0.3 is 11.9 Å². The molecule has 0 saturated heterocycles. The second-order valence-corrected chi connectivity index (χ2v) is 4.05. The second-order valence-electron chi connectivity index (χ2n) is 4.05. The van der Waals surface area contributed by atoms with Crippen molar-refractivity contribution in [3.63, 3.8) is 0 Å². The van der Waals surface area contributed by atoms with Crippen molar-refractivity contribution >= 4 is 11.9 Å². The quantitative estimate of drug-likeness (QED) is 0.685. The molecule has 0 rings (SSSR count). The molecule has 0 bridgehead atoms. The zero-order valence-corrected chi connectivity index (χ0v) is 10.3. The van der Waals surface area contributed by atoms with Gasteiger partial charge in [0.1, 0.15) is 0 Å². The third-order valence-corrected chi connectivity index (χ3v) is 2.92. The molecule has 20 heavy (non-hydrogen) atoms. The lowest BCUT2D eigenvalue weighted by molar-refractivity contribution is -0.139. The molecule has 0 aliphatic carbocycles. The third-order valence-electron chi connectivity index (χ3n) is 2.92. The topological polar surface area (TPSA) is 170 Å².